The minimum absolute atomic E-state index is 0.102. The minimum Gasteiger partial charge on any atom is -0.337 e. The van der Waals surface area contributed by atoms with Gasteiger partial charge in [-0.1, -0.05) is 5.21 Å². The van der Waals surface area contributed by atoms with Crippen LogP contribution in [0.3, 0.4) is 0 Å². The highest BCUT2D eigenvalue weighted by atomic mass is 15.4. The molecule has 0 aliphatic rings. The van der Waals surface area contributed by atoms with Crippen molar-refractivity contribution in [3.05, 3.63) is 30.6 Å². The molecule has 0 aromatic carbocycles. The molecule has 2 heterocycles. The lowest BCUT2D eigenvalue weighted by molar-refractivity contribution is 0.421. The second-order valence-corrected chi connectivity index (χ2v) is 5.73. The quantitative estimate of drug-likeness (QED) is 0.856. The van der Waals surface area contributed by atoms with E-state index in [2.05, 4.69) is 46.0 Å². The van der Waals surface area contributed by atoms with Crippen LogP contribution in [-0.4, -0.2) is 30.1 Å². The molecule has 0 fully saturated rings. The van der Waals surface area contributed by atoms with E-state index in [4.69, 9.17) is 0 Å². The first-order valence-electron chi connectivity index (χ1n) is 6.63. The van der Waals surface area contributed by atoms with E-state index in [9.17, 15) is 0 Å². The summed E-state index contributed by atoms with van der Waals surface area (Å²) in [4.78, 5) is 4.02. The number of imidazole rings is 1. The molecule has 2 aromatic heterocycles. The lowest BCUT2D eigenvalue weighted by Crippen LogP contribution is -2.35. The van der Waals surface area contributed by atoms with E-state index in [0.717, 1.165) is 31.7 Å². The fourth-order valence-electron chi connectivity index (χ4n) is 1.72. The molecule has 0 saturated heterocycles. The van der Waals surface area contributed by atoms with Crippen LogP contribution < -0.4 is 5.32 Å². The van der Waals surface area contributed by atoms with E-state index in [1.54, 1.807) is 6.20 Å². The van der Waals surface area contributed by atoms with Crippen molar-refractivity contribution in [3.8, 4) is 0 Å². The molecule has 0 aliphatic carbocycles. The standard InChI is InChI=1S/C13H22N6/c1-13(2,3)15-9-12-10-19(17-16-12)7-4-6-18-8-5-14-11-18/h5,8,10-11,15H,4,6-7,9H2,1-3H3. The molecule has 0 aliphatic heterocycles. The maximum Gasteiger partial charge on any atom is 0.0965 e. The number of hydrogen-bond donors (Lipinski definition) is 1. The van der Waals surface area contributed by atoms with Gasteiger partial charge in [0.05, 0.1) is 12.0 Å². The summed E-state index contributed by atoms with van der Waals surface area (Å²) in [6.07, 6.45) is 8.63. The van der Waals surface area contributed by atoms with E-state index in [1.165, 1.54) is 0 Å². The summed E-state index contributed by atoms with van der Waals surface area (Å²) in [6, 6.07) is 0. The molecule has 0 bridgehead atoms. The molecule has 6 nitrogen and oxygen atoms in total. The average Bonchev–Trinajstić information content (AvgIpc) is 2.97. The van der Waals surface area contributed by atoms with Gasteiger partial charge in [-0.2, -0.15) is 0 Å². The monoisotopic (exact) mass is 262 g/mol. The maximum absolute atomic E-state index is 4.17. The molecule has 0 atom stereocenters. The molecule has 0 radical (unpaired) electrons. The summed E-state index contributed by atoms with van der Waals surface area (Å²) in [6.45, 7) is 9.01. The second kappa shape index (κ2) is 5.97. The Hall–Kier alpha value is -1.69. The van der Waals surface area contributed by atoms with Gasteiger partial charge >= 0.3 is 0 Å². The van der Waals surface area contributed by atoms with Crippen LogP contribution in [0, 0.1) is 0 Å². The Labute approximate surface area is 113 Å². The molecule has 2 rings (SSSR count). The Morgan fingerprint density at radius 3 is 2.79 bits per heavy atom. The van der Waals surface area contributed by atoms with Crippen LogP contribution in [0.25, 0.3) is 0 Å². The fourth-order valence-corrected chi connectivity index (χ4v) is 1.72. The normalized spacial score (nSPS) is 11.9. The zero-order valence-electron chi connectivity index (χ0n) is 11.9. The van der Waals surface area contributed by atoms with E-state index in [0.29, 0.717) is 0 Å². The van der Waals surface area contributed by atoms with Crippen LogP contribution in [0.4, 0.5) is 0 Å². The summed E-state index contributed by atoms with van der Waals surface area (Å²) in [7, 11) is 0. The second-order valence-electron chi connectivity index (χ2n) is 5.73. The molecule has 19 heavy (non-hydrogen) atoms. The Morgan fingerprint density at radius 2 is 2.11 bits per heavy atom. The van der Waals surface area contributed by atoms with Gasteiger partial charge in [-0.15, -0.1) is 5.10 Å². The zero-order valence-corrected chi connectivity index (χ0v) is 11.9. The van der Waals surface area contributed by atoms with Gasteiger partial charge in [0.15, 0.2) is 0 Å². The first kappa shape index (κ1) is 13.7. The van der Waals surface area contributed by atoms with Crippen molar-refractivity contribution < 1.29 is 0 Å². The molecular formula is C13H22N6. The smallest absolute Gasteiger partial charge is 0.0965 e. The van der Waals surface area contributed by atoms with Crippen molar-refractivity contribution in [1.82, 2.24) is 29.9 Å². The number of nitrogens with zero attached hydrogens (tertiary/aromatic N) is 5. The topological polar surface area (TPSA) is 60.6 Å². The van der Waals surface area contributed by atoms with Crippen LogP contribution in [0.1, 0.15) is 32.9 Å². The van der Waals surface area contributed by atoms with Crippen LogP contribution in [0.5, 0.6) is 0 Å². The predicted octanol–water partition coefficient (Wildman–Crippen LogP) is 1.45. The van der Waals surface area contributed by atoms with Crippen molar-refractivity contribution in [3.63, 3.8) is 0 Å². The van der Waals surface area contributed by atoms with Crippen LogP contribution >= 0.6 is 0 Å². The highest BCUT2D eigenvalue weighted by Crippen LogP contribution is 2.02. The van der Waals surface area contributed by atoms with Crippen molar-refractivity contribution in [2.75, 3.05) is 0 Å². The lowest BCUT2D eigenvalue weighted by atomic mass is 10.1. The van der Waals surface area contributed by atoms with Gasteiger partial charge < -0.3 is 9.88 Å². The zero-order chi connectivity index (χ0) is 13.7. The predicted molar refractivity (Wildman–Crippen MR) is 73.5 cm³/mol. The molecule has 104 valence electrons. The highest BCUT2D eigenvalue weighted by molar-refractivity contribution is 4.93. The molecule has 2 aromatic rings. The maximum atomic E-state index is 4.17. The van der Waals surface area contributed by atoms with Gasteiger partial charge in [0.2, 0.25) is 0 Å². The Morgan fingerprint density at radius 1 is 1.26 bits per heavy atom. The molecule has 0 amide bonds. The highest BCUT2D eigenvalue weighted by Gasteiger charge is 2.09. The first-order valence-corrected chi connectivity index (χ1v) is 6.63. The molecular weight excluding hydrogens is 240 g/mol. The van der Waals surface area contributed by atoms with E-state index in [1.807, 2.05) is 23.4 Å². The van der Waals surface area contributed by atoms with Gasteiger partial charge in [0.1, 0.15) is 0 Å². The largest absolute Gasteiger partial charge is 0.337 e. The Bertz CT molecular complexity index is 479. The third kappa shape index (κ3) is 4.82. The summed E-state index contributed by atoms with van der Waals surface area (Å²) in [5.74, 6) is 0. The van der Waals surface area contributed by atoms with Crippen LogP contribution in [0.15, 0.2) is 24.9 Å². The third-order valence-corrected chi connectivity index (χ3v) is 2.75. The number of hydrogen-bond acceptors (Lipinski definition) is 4. The molecule has 0 spiro atoms. The van der Waals surface area contributed by atoms with Crippen LogP contribution in [-0.2, 0) is 19.6 Å². The van der Waals surface area contributed by atoms with Crippen molar-refractivity contribution in [2.24, 2.45) is 0 Å². The van der Waals surface area contributed by atoms with E-state index >= 15 is 0 Å². The molecule has 0 unspecified atom stereocenters. The number of aromatic nitrogens is 5. The Kier molecular flexibility index (Phi) is 4.31. The van der Waals surface area contributed by atoms with Gasteiger partial charge in [-0.25, -0.2) is 4.98 Å². The SMILES string of the molecule is CC(C)(C)NCc1cn(CCCn2ccnc2)nn1. The van der Waals surface area contributed by atoms with Gasteiger partial charge in [-0.3, -0.25) is 4.68 Å². The van der Waals surface area contributed by atoms with Crippen molar-refractivity contribution >= 4 is 0 Å². The summed E-state index contributed by atoms with van der Waals surface area (Å²) < 4.78 is 3.97. The summed E-state index contributed by atoms with van der Waals surface area (Å²) >= 11 is 0. The first-order chi connectivity index (χ1) is 9.03. The molecule has 1 N–H and O–H groups in total. The van der Waals surface area contributed by atoms with Crippen molar-refractivity contribution in [1.29, 1.82) is 0 Å². The molecule has 0 saturated carbocycles. The lowest BCUT2D eigenvalue weighted by Gasteiger charge is -2.19. The number of nitrogens with one attached hydrogen (secondary N) is 1. The van der Waals surface area contributed by atoms with E-state index in [-0.39, 0.29) is 5.54 Å². The van der Waals surface area contributed by atoms with Gasteiger partial charge in [0, 0.05) is 43.8 Å². The minimum atomic E-state index is 0.102. The summed E-state index contributed by atoms with van der Waals surface area (Å²) in [5.41, 5.74) is 1.09. The number of aryl methyl sites for hydroxylation is 2. The fraction of sp³-hybridized carbons (Fsp3) is 0.615. The van der Waals surface area contributed by atoms with Gasteiger partial charge in [0.25, 0.3) is 0 Å². The molecule has 6 heteroatoms. The third-order valence-electron chi connectivity index (χ3n) is 2.75. The van der Waals surface area contributed by atoms with Gasteiger partial charge in [-0.05, 0) is 27.2 Å². The average molecular weight is 262 g/mol. The van der Waals surface area contributed by atoms with Crippen LogP contribution in [0.2, 0.25) is 0 Å². The van der Waals surface area contributed by atoms with Crippen molar-refractivity contribution in [2.45, 2.75) is 52.4 Å². The number of rotatable bonds is 6. The summed E-state index contributed by atoms with van der Waals surface area (Å²) in [5, 5.41) is 11.7. The van der Waals surface area contributed by atoms with E-state index < -0.39 is 0 Å². The Balaban J connectivity index is 1.74.